The third-order valence-electron chi connectivity index (χ3n) is 2.78. The van der Waals surface area contributed by atoms with Gasteiger partial charge in [-0.3, -0.25) is 0 Å². The number of rotatable bonds is 5. The lowest BCUT2D eigenvalue weighted by Crippen LogP contribution is -2.16. The molecule has 1 saturated heterocycles. The van der Waals surface area contributed by atoms with Crippen molar-refractivity contribution in [3.05, 3.63) is 23.8 Å². The topological polar surface area (TPSA) is 52.6 Å². The van der Waals surface area contributed by atoms with Crippen molar-refractivity contribution in [1.82, 2.24) is 0 Å². The van der Waals surface area contributed by atoms with Crippen LogP contribution in [0.5, 0.6) is 11.5 Å². The number of methoxy groups -OCH3 is 1. The van der Waals surface area contributed by atoms with Gasteiger partial charge in [-0.25, -0.2) is 8.42 Å². The fraction of sp³-hybridized carbons (Fsp3) is 0.500. The standard InChI is InChI=1S/C12H15ClO4S2/c1-16-11-4-2-3-9(8-19(13,14)15)12(11)17-10-5-6-18-7-10/h2-4,10H,5-8H2,1H3. The first-order valence-electron chi connectivity index (χ1n) is 5.82. The molecular formula is C12H15ClO4S2. The van der Waals surface area contributed by atoms with E-state index in [1.54, 1.807) is 18.2 Å². The molecule has 19 heavy (non-hydrogen) atoms. The molecule has 2 rings (SSSR count). The van der Waals surface area contributed by atoms with Crippen molar-refractivity contribution in [3.8, 4) is 11.5 Å². The van der Waals surface area contributed by atoms with Gasteiger partial charge in [0.05, 0.1) is 12.9 Å². The predicted octanol–water partition coefficient (Wildman–Crippen LogP) is 2.65. The molecule has 0 radical (unpaired) electrons. The number of halogens is 1. The van der Waals surface area contributed by atoms with Crippen LogP contribution in [0, 0.1) is 0 Å². The van der Waals surface area contributed by atoms with Crippen LogP contribution in [0.1, 0.15) is 12.0 Å². The Morgan fingerprint density at radius 1 is 1.47 bits per heavy atom. The smallest absolute Gasteiger partial charge is 0.236 e. The SMILES string of the molecule is COc1cccc(CS(=O)(=O)Cl)c1OC1CCSC1. The molecule has 1 aromatic rings. The minimum atomic E-state index is -3.63. The molecular weight excluding hydrogens is 308 g/mol. The van der Waals surface area contributed by atoms with E-state index in [1.165, 1.54) is 7.11 Å². The summed E-state index contributed by atoms with van der Waals surface area (Å²) < 4.78 is 33.7. The summed E-state index contributed by atoms with van der Waals surface area (Å²) in [5.74, 6) is 2.73. The van der Waals surface area contributed by atoms with Crippen LogP contribution < -0.4 is 9.47 Å². The first kappa shape index (κ1) is 14.8. The van der Waals surface area contributed by atoms with Crippen LogP contribution in [0.2, 0.25) is 0 Å². The highest BCUT2D eigenvalue weighted by Gasteiger charge is 2.22. The molecule has 1 aromatic carbocycles. The molecule has 1 atom stereocenters. The molecule has 0 bridgehead atoms. The maximum absolute atomic E-state index is 11.3. The Kier molecular flexibility index (Phi) is 4.86. The molecule has 0 amide bonds. The molecule has 1 heterocycles. The van der Waals surface area contributed by atoms with Gasteiger partial charge in [0.25, 0.3) is 0 Å². The highest BCUT2D eigenvalue weighted by Crippen LogP contribution is 2.35. The molecule has 1 unspecified atom stereocenters. The molecule has 0 saturated carbocycles. The molecule has 4 nitrogen and oxygen atoms in total. The lowest BCUT2D eigenvalue weighted by atomic mass is 10.2. The normalized spacial score (nSPS) is 19.4. The summed E-state index contributed by atoms with van der Waals surface area (Å²) in [6.45, 7) is 0. The zero-order valence-corrected chi connectivity index (χ0v) is 12.9. The van der Waals surface area contributed by atoms with E-state index in [-0.39, 0.29) is 11.9 Å². The zero-order chi connectivity index (χ0) is 13.9. The summed E-state index contributed by atoms with van der Waals surface area (Å²) in [6.07, 6.45) is 1.05. The number of thioether (sulfide) groups is 1. The summed E-state index contributed by atoms with van der Waals surface area (Å²) in [5.41, 5.74) is 0.534. The lowest BCUT2D eigenvalue weighted by Gasteiger charge is -2.18. The van der Waals surface area contributed by atoms with E-state index in [2.05, 4.69) is 0 Å². The number of hydrogen-bond acceptors (Lipinski definition) is 5. The minimum absolute atomic E-state index is 0.0954. The predicted molar refractivity (Wildman–Crippen MR) is 77.8 cm³/mol. The van der Waals surface area contributed by atoms with Gasteiger partial charge in [-0.05, 0) is 18.2 Å². The molecule has 0 N–H and O–H groups in total. The van der Waals surface area contributed by atoms with Gasteiger partial charge in [-0.15, -0.1) is 0 Å². The van der Waals surface area contributed by atoms with Crippen LogP contribution in [-0.2, 0) is 14.8 Å². The van der Waals surface area contributed by atoms with Gasteiger partial charge in [0.15, 0.2) is 11.5 Å². The van der Waals surface area contributed by atoms with Gasteiger partial charge in [0, 0.05) is 22.0 Å². The quantitative estimate of drug-likeness (QED) is 0.780. The Bertz CT molecular complexity index is 539. The van der Waals surface area contributed by atoms with Crippen LogP contribution in [0.4, 0.5) is 0 Å². The summed E-state index contributed by atoms with van der Waals surface area (Å²) in [5, 5.41) is 0. The number of para-hydroxylation sites is 1. The fourth-order valence-corrected chi connectivity index (χ4v) is 3.97. The van der Waals surface area contributed by atoms with E-state index in [9.17, 15) is 8.42 Å². The van der Waals surface area contributed by atoms with E-state index in [0.717, 1.165) is 17.9 Å². The zero-order valence-electron chi connectivity index (χ0n) is 10.5. The number of ether oxygens (including phenoxy) is 2. The van der Waals surface area contributed by atoms with Gasteiger partial charge in [0.2, 0.25) is 9.05 Å². The van der Waals surface area contributed by atoms with Crippen LogP contribution in [0.3, 0.4) is 0 Å². The Morgan fingerprint density at radius 2 is 2.26 bits per heavy atom. The van der Waals surface area contributed by atoms with Crippen molar-refractivity contribution < 1.29 is 17.9 Å². The molecule has 1 fully saturated rings. The van der Waals surface area contributed by atoms with Gasteiger partial charge in [0.1, 0.15) is 6.10 Å². The number of hydrogen-bond donors (Lipinski definition) is 0. The fourth-order valence-electron chi connectivity index (χ4n) is 1.93. The van der Waals surface area contributed by atoms with Crippen LogP contribution in [-0.4, -0.2) is 33.1 Å². The maximum atomic E-state index is 11.3. The van der Waals surface area contributed by atoms with Crippen LogP contribution in [0.25, 0.3) is 0 Å². The second-order valence-corrected chi connectivity index (χ2v) is 8.16. The molecule has 7 heteroatoms. The van der Waals surface area contributed by atoms with Gasteiger partial charge >= 0.3 is 0 Å². The van der Waals surface area contributed by atoms with E-state index in [4.69, 9.17) is 20.2 Å². The van der Waals surface area contributed by atoms with Crippen LogP contribution >= 0.6 is 22.4 Å². The third-order valence-corrected chi connectivity index (χ3v) is 4.90. The third kappa shape index (κ3) is 4.19. The molecule has 106 valence electrons. The Morgan fingerprint density at radius 3 is 2.84 bits per heavy atom. The van der Waals surface area contributed by atoms with E-state index in [0.29, 0.717) is 17.1 Å². The Hall–Kier alpha value is -0.590. The van der Waals surface area contributed by atoms with Gasteiger partial charge in [-0.2, -0.15) is 11.8 Å². The summed E-state index contributed by atoms with van der Waals surface area (Å²) >= 11 is 1.82. The van der Waals surface area contributed by atoms with E-state index >= 15 is 0 Å². The highest BCUT2D eigenvalue weighted by atomic mass is 35.7. The van der Waals surface area contributed by atoms with Gasteiger partial charge < -0.3 is 9.47 Å². The Balaban J connectivity index is 2.30. The largest absolute Gasteiger partial charge is 0.493 e. The maximum Gasteiger partial charge on any atom is 0.236 e. The molecule has 0 aromatic heterocycles. The van der Waals surface area contributed by atoms with Crippen molar-refractivity contribution in [2.45, 2.75) is 18.3 Å². The lowest BCUT2D eigenvalue weighted by molar-refractivity contribution is 0.217. The monoisotopic (exact) mass is 322 g/mol. The second kappa shape index (κ2) is 6.24. The number of benzene rings is 1. The molecule has 0 spiro atoms. The average Bonchev–Trinajstić information content (AvgIpc) is 2.82. The summed E-state index contributed by atoms with van der Waals surface area (Å²) in [4.78, 5) is 0. The first-order valence-corrected chi connectivity index (χ1v) is 9.45. The molecule has 1 aliphatic rings. The average molecular weight is 323 g/mol. The van der Waals surface area contributed by atoms with E-state index < -0.39 is 9.05 Å². The van der Waals surface area contributed by atoms with Crippen LogP contribution in [0.15, 0.2) is 18.2 Å². The van der Waals surface area contributed by atoms with Crippen molar-refractivity contribution in [2.24, 2.45) is 0 Å². The highest BCUT2D eigenvalue weighted by molar-refractivity contribution is 8.13. The first-order chi connectivity index (χ1) is 8.99. The van der Waals surface area contributed by atoms with Crippen molar-refractivity contribution in [2.75, 3.05) is 18.6 Å². The van der Waals surface area contributed by atoms with E-state index in [1.807, 2.05) is 11.8 Å². The molecule has 0 aliphatic carbocycles. The molecule has 1 aliphatic heterocycles. The van der Waals surface area contributed by atoms with Crippen molar-refractivity contribution >= 4 is 31.5 Å². The second-order valence-electron chi connectivity index (χ2n) is 4.24. The van der Waals surface area contributed by atoms with Gasteiger partial charge in [-0.1, -0.05) is 12.1 Å². The van der Waals surface area contributed by atoms with Crippen molar-refractivity contribution in [1.29, 1.82) is 0 Å². The van der Waals surface area contributed by atoms with Crippen molar-refractivity contribution in [3.63, 3.8) is 0 Å². The summed E-state index contributed by atoms with van der Waals surface area (Å²) in [6, 6.07) is 5.17. The minimum Gasteiger partial charge on any atom is -0.493 e. The summed E-state index contributed by atoms with van der Waals surface area (Å²) in [7, 11) is 3.23. The Labute approximate surface area is 121 Å².